The van der Waals surface area contributed by atoms with Gasteiger partial charge in [0.1, 0.15) is 11.9 Å². The van der Waals surface area contributed by atoms with Crippen LogP contribution in [0.25, 0.3) is 0 Å². The van der Waals surface area contributed by atoms with E-state index in [-0.39, 0.29) is 24.4 Å². The SMILES string of the molecule is COC(=O)CCS(=O)(=O)NC[C@@H](C)OC(=O)Oc1ccc([N+](=O)[O-])cc1. The van der Waals surface area contributed by atoms with E-state index in [0.29, 0.717) is 0 Å². The van der Waals surface area contributed by atoms with Gasteiger partial charge in [-0.25, -0.2) is 17.9 Å². The summed E-state index contributed by atoms with van der Waals surface area (Å²) in [5, 5.41) is 10.5. The highest BCUT2D eigenvalue weighted by Crippen LogP contribution is 2.17. The predicted octanol–water partition coefficient (Wildman–Crippen LogP) is 0.981. The Morgan fingerprint density at radius 1 is 1.27 bits per heavy atom. The predicted molar refractivity (Wildman–Crippen MR) is 88.1 cm³/mol. The number of hydrogen-bond acceptors (Lipinski definition) is 9. The minimum Gasteiger partial charge on any atom is -0.469 e. The van der Waals surface area contributed by atoms with Gasteiger partial charge < -0.3 is 14.2 Å². The number of nitrogens with one attached hydrogen (secondary N) is 1. The molecule has 0 radical (unpaired) electrons. The molecule has 0 fully saturated rings. The zero-order valence-electron chi connectivity index (χ0n) is 14.0. The number of non-ortho nitro benzene ring substituents is 1. The molecule has 0 spiro atoms. The first-order valence-electron chi connectivity index (χ1n) is 7.30. The lowest BCUT2D eigenvalue weighted by Crippen LogP contribution is -2.35. The van der Waals surface area contributed by atoms with E-state index >= 15 is 0 Å². The number of nitrogens with zero attached hydrogens (tertiary/aromatic N) is 1. The molecule has 1 atom stereocenters. The third-order valence-corrected chi connectivity index (χ3v) is 4.29. The number of carbonyl (C=O) groups excluding carboxylic acids is 2. The highest BCUT2D eigenvalue weighted by molar-refractivity contribution is 7.89. The number of nitro groups is 1. The van der Waals surface area contributed by atoms with Crippen molar-refractivity contribution >= 4 is 27.8 Å². The number of esters is 1. The molecule has 1 aromatic rings. The first kappa shape index (κ1) is 21.3. The average molecular weight is 390 g/mol. The van der Waals surface area contributed by atoms with E-state index in [1.54, 1.807) is 0 Å². The van der Waals surface area contributed by atoms with Gasteiger partial charge in [0, 0.05) is 18.7 Å². The average Bonchev–Trinajstić information content (AvgIpc) is 2.58. The Balaban J connectivity index is 2.42. The second-order valence-corrected chi connectivity index (χ2v) is 6.95. The Hall–Kier alpha value is -2.73. The third kappa shape index (κ3) is 7.90. The van der Waals surface area contributed by atoms with Crippen LogP contribution in [0.5, 0.6) is 5.75 Å². The Bertz CT molecular complexity index is 746. The summed E-state index contributed by atoms with van der Waals surface area (Å²) in [6.45, 7) is 1.21. The molecule has 26 heavy (non-hydrogen) atoms. The molecule has 0 unspecified atom stereocenters. The minimum absolute atomic E-state index is 0.0338. The topological polar surface area (TPSA) is 151 Å². The maximum absolute atomic E-state index is 11.7. The molecule has 0 heterocycles. The normalized spacial score (nSPS) is 12.1. The highest BCUT2D eigenvalue weighted by atomic mass is 32.2. The lowest BCUT2D eigenvalue weighted by atomic mass is 10.3. The molecule has 0 bridgehead atoms. The van der Waals surface area contributed by atoms with Crippen molar-refractivity contribution in [1.29, 1.82) is 0 Å². The number of ether oxygens (including phenoxy) is 3. The van der Waals surface area contributed by atoms with Crippen molar-refractivity contribution in [1.82, 2.24) is 4.72 Å². The molecule has 0 aliphatic carbocycles. The lowest BCUT2D eigenvalue weighted by molar-refractivity contribution is -0.384. The number of methoxy groups -OCH3 is 1. The Morgan fingerprint density at radius 2 is 1.88 bits per heavy atom. The van der Waals surface area contributed by atoms with Crippen molar-refractivity contribution in [2.45, 2.75) is 19.4 Å². The van der Waals surface area contributed by atoms with Gasteiger partial charge in [0.05, 0.1) is 24.2 Å². The standard InChI is InChI=1S/C14H18N2O9S/c1-10(9-15-26(21,22)8-7-13(17)23-2)24-14(18)25-12-5-3-11(4-6-12)16(19)20/h3-6,10,15H,7-9H2,1-2H3/t10-/m1/s1. The van der Waals surface area contributed by atoms with Gasteiger partial charge in [-0.15, -0.1) is 0 Å². The fraction of sp³-hybridized carbons (Fsp3) is 0.429. The van der Waals surface area contributed by atoms with E-state index in [4.69, 9.17) is 9.47 Å². The molecular weight excluding hydrogens is 372 g/mol. The quantitative estimate of drug-likeness (QED) is 0.281. The maximum Gasteiger partial charge on any atom is 0.514 e. The van der Waals surface area contributed by atoms with E-state index in [9.17, 15) is 28.1 Å². The second-order valence-electron chi connectivity index (χ2n) is 5.03. The van der Waals surface area contributed by atoms with Crippen LogP contribution in [0.3, 0.4) is 0 Å². The first-order chi connectivity index (χ1) is 12.1. The van der Waals surface area contributed by atoms with Gasteiger partial charge >= 0.3 is 12.1 Å². The van der Waals surface area contributed by atoms with Crippen LogP contribution >= 0.6 is 0 Å². The van der Waals surface area contributed by atoms with Gasteiger partial charge in [-0.1, -0.05) is 0 Å². The van der Waals surface area contributed by atoms with Crippen LogP contribution in [0.4, 0.5) is 10.5 Å². The zero-order chi connectivity index (χ0) is 19.7. The van der Waals surface area contributed by atoms with E-state index < -0.39 is 38.9 Å². The minimum atomic E-state index is -3.74. The number of carbonyl (C=O) groups is 2. The molecule has 12 heteroatoms. The molecule has 0 aromatic heterocycles. The maximum atomic E-state index is 11.7. The Labute approximate surface area is 149 Å². The van der Waals surface area contributed by atoms with Crippen LogP contribution in [-0.2, 0) is 24.3 Å². The van der Waals surface area contributed by atoms with E-state index in [1.807, 2.05) is 0 Å². The van der Waals surface area contributed by atoms with Crippen LogP contribution in [0.1, 0.15) is 13.3 Å². The number of rotatable bonds is 9. The number of hydrogen-bond donors (Lipinski definition) is 1. The zero-order valence-corrected chi connectivity index (χ0v) is 14.9. The molecule has 144 valence electrons. The lowest BCUT2D eigenvalue weighted by Gasteiger charge is -2.14. The molecular formula is C14H18N2O9S. The fourth-order valence-corrected chi connectivity index (χ4v) is 2.67. The monoisotopic (exact) mass is 390 g/mol. The van der Waals surface area contributed by atoms with E-state index in [0.717, 1.165) is 19.2 Å². The Kier molecular flexibility index (Phi) is 7.93. The van der Waals surface area contributed by atoms with Crippen molar-refractivity contribution in [3.05, 3.63) is 34.4 Å². The molecule has 1 aromatic carbocycles. The molecule has 0 amide bonds. The van der Waals surface area contributed by atoms with Crippen molar-refractivity contribution in [2.75, 3.05) is 19.4 Å². The number of nitro benzene ring substituents is 1. The molecule has 0 saturated carbocycles. The van der Waals surface area contributed by atoms with Crippen molar-refractivity contribution in [2.24, 2.45) is 0 Å². The van der Waals surface area contributed by atoms with Crippen LogP contribution in [-0.4, -0.2) is 51.0 Å². The molecule has 1 N–H and O–H groups in total. The summed E-state index contributed by atoms with van der Waals surface area (Å²) < 4.78 is 39.6. The van der Waals surface area contributed by atoms with Crippen molar-refractivity contribution < 1.29 is 37.1 Å². The molecule has 0 aliphatic rings. The summed E-state index contributed by atoms with van der Waals surface area (Å²) in [4.78, 5) is 32.5. The van der Waals surface area contributed by atoms with Crippen molar-refractivity contribution in [3.8, 4) is 5.75 Å². The van der Waals surface area contributed by atoms with Crippen LogP contribution in [0, 0.1) is 10.1 Å². The van der Waals surface area contributed by atoms with E-state index in [2.05, 4.69) is 9.46 Å². The van der Waals surface area contributed by atoms with Gasteiger partial charge in [0.2, 0.25) is 10.0 Å². The number of benzene rings is 1. The summed E-state index contributed by atoms with van der Waals surface area (Å²) in [6, 6.07) is 4.75. The van der Waals surface area contributed by atoms with Gasteiger partial charge in [-0.05, 0) is 19.1 Å². The van der Waals surface area contributed by atoms with Gasteiger partial charge in [0.25, 0.3) is 5.69 Å². The summed E-state index contributed by atoms with van der Waals surface area (Å²) in [7, 11) is -2.59. The Morgan fingerprint density at radius 3 is 2.42 bits per heavy atom. The first-order valence-corrected chi connectivity index (χ1v) is 8.95. The smallest absolute Gasteiger partial charge is 0.469 e. The summed E-state index contributed by atoms with van der Waals surface area (Å²) in [6.07, 6.45) is -2.25. The second kappa shape index (κ2) is 9.68. The summed E-state index contributed by atoms with van der Waals surface area (Å²) in [5.74, 6) is -1.09. The van der Waals surface area contributed by atoms with Crippen LogP contribution in [0.15, 0.2) is 24.3 Å². The number of sulfonamides is 1. The van der Waals surface area contributed by atoms with Crippen LogP contribution in [0.2, 0.25) is 0 Å². The van der Waals surface area contributed by atoms with Crippen molar-refractivity contribution in [3.63, 3.8) is 0 Å². The molecule has 1 rings (SSSR count). The van der Waals surface area contributed by atoms with Gasteiger partial charge in [-0.3, -0.25) is 14.9 Å². The molecule has 0 aliphatic heterocycles. The van der Waals surface area contributed by atoms with E-state index in [1.165, 1.54) is 19.1 Å². The summed E-state index contributed by atoms with van der Waals surface area (Å²) in [5.41, 5.74) is -0.166. The summed E-state index contributed by atoms with van der Waals surface area (Å²) >= 11 is 0. The van der Waals surface area contributed by atoms with Gasteiger partial charge in [-0.2, -0.15) is 0 Å². The fourth-order valence-electron chi connectivity index (χ4n) is 1.60. The largest absolute Gasteiger partial charge is 0.514 e. The van der Waals surface area contributed by atoms with Gasteiger partial charge in [0.15, 0.2) is 0 Å². The molecule has 0 saturated heterocycles. The van der Waals surface area contributed by atoms with Crippen LogP contribution < -0.4 is 9.46 Å². The third-order valence-electron chi connectivity index (χ3n) is 2.94. The highest BCUT2D eigenvalue weighted by Gasteiger charge is 2.17. The molecule has 11 nitrogen and oxygen atoms in total.